The normalized spacial score (nSPS) is 11.8. The van der Waals surface area contributed by atoms with Gasteiger partial charge in [-0.05, 0) is 61.4 Å². The standard InChI is InChI=1S/C22H29NO3/c1-3-18-6-8-20(9-7-18)14-15-23-22(25)17(2)26-21-12-10-19(11-13-21)5-4-16-24/h6-13,17,24H,3-5,14-16H2,1-2H3,(H,23,25)/t17-/m1/s1. The number of hydrogen-bond donors (Lipinski definition) is 2. The quantitative estimate of drug-likeness (QED) is 0.687. The van der Waals surface area contributed by atoms with E-state index < -0.39 is 6.10 Å². The number of carbonyl (C=O) groups is 1. The Kier molecular flexibility index (Phi) is 8.16. The number of amides is 1. The molecule has 0 radical (unpaired) electrons. The van der Waals surface area contributed by atoms with Crippen LogP contribution in [0.25, 0.3) is 0 Å². The van der Waals surface area contributed by atoms with E-state index in [1.807, 2.05) is 24.3 Å². The average Bonchev–Trinajstić information content (AvgIpc) is 2.67. The van der Waals surface area contributed by atoms with Gasteiger partial charge in [0.2, 0.25) is 0 Å². The van der Waals surface area contributed by atoms with Crippen molar-refractivity contribution in [3.05, 3.63) is 65.2 Å². The fourth-order valence-corrected chi connectivity index (χ4v) is 2.69. The van der Waals surface area contributed by atoms with Crippen LogP contribution >= 0.6 is 0 Å². The minimum atomic E-state index is -0.541. The second kappa shape index (κ2) is 10.6. The largest absolute Gasteiger partial charge is 0.481 e. The van der Waals surface area contributed by atoms with E-state index in [0.29, 0.717) is 12.3 Å². The molecule has 0 saturated heterocycles. The van der Waals surface area contributed by atoms with Crippen LogP contribution in [0.3, 0.4) is 0 Å². The summed E-state index contributed by atoms with van der Waals surface area (Å²) in [6, 6.07) is 16.2. The number of benzene rings is 2. The maximum absolute atomic E-state index is 12.2. The van der Waals surface area contributed by atoms with Gasteiger partial charge < -0.3 is 15.2 Å². The molecular weight excluding hydrogens is 326 g/mol. The molecule has 0 fully saturated rings. The molecule has 2 rings (SSSR count). The van der Waals surface area contributed by atoms with Gasteiger partial charge in [-0.3, -0.25) is 4.79 Å². The van der Waals surface area contributed by atoms with Crippen LogP contribution in [-0.2, 0) is 24.1 Å². The summed E-state index contributed by atoms with van der Waals surface area (Å²) >= 11 is 0. The Balaban J connectivity index is 1.74. The predicted octanol–water partition coefficient (Wildman–Crippen LogP) is 3.30. The van der Waals surface area contributed by atoms with Crippen LogP contribution in [0.15, 0.2) is 48.5 Å². The zero-order valence-electron chi connectivity index (χ0n) is 15.7. The first-order valence-corrected chi connectivity index (χ1v) is 9.34. The Hall–Kier alpha value is -2.33. The molecule has 1 atom stereocenters. The second-order valence-corrected chi connectivity index (χ2v) is 6.44. The number of nitrogens with one attached hydrogen (secondary N) is 1. The summed E-state index contributed by atoms with van der Waals surface area (Å²) in [5.41, 5.74) is 3.69. The molecule has 0 saturated carbocycles. The second-order valence-electron chi connectivity index (χ2n) is 6.44. The summed E-state index contributed by atoms with van der Waals surface area (Å²) in [7, 11) is 0. The molecule has 0 aliphatic rings. The lowest BCUT2D eigenvalue weighted by molar-refractivity contribution is -0.127. The third kappa shape index (κ3) is 6.52. The Labute approximate surface area is 156 Å². The highest BCUT2D eigenvalue weighted by Gasteiger charge is 2.14. The van der Waals surface area contributed by atoms with Crippen molar-refractivity contribution in [1.82, 2.24) is 5.32 Å². The van der Waals surface area contributed by atoms with Gasteiger partial charge in [0.05, 0.1) is 0 Å². The highest BCUT2D eigenvalue weighted by molar-refractivity contribution is 5.80. The van der Waals surface area contributed by atoms with Crippen molar-refractivity contribution in [2.24, 2.45) is 0 Å². The fraction of sp³-hybridized carbons (Fsp3) is 0.409. The molecule has 2 N–H and O–H groups in total. The predicted molar refractivity (Wildman–Crippen MR) is 104 cm³/mol. The van der Waals surface area contributed by atoms with Crippen molar-refractivity contribution in [2.75, 3.05) is 13.2 Å². The molecule has 140 valence electrons. The number of carbonyl (C=O) groups excluding carboxylic acids is 1. The zero-order valence-corrected chi connectivity index (χ0v) is 15.7. The lowest BCUT2D eigenvalue weighted by atomic mass is 10.1. The van der Waals surface area contributed by atoms with Gasteiger partial charge in [0.15, 0.2) is 6.10 Å². The van der Waals surface area contributed by atoms with E-state index in [-0.39, 0.29) is 12.5 Å². The van der Waals surface area contributed by atoms with Crippen molar-refractivity contribution in [2.45, 2.75) is 45.6 Å². The molecule has 2 aromatic carbocycles. The van der Waals surface area contributed by atoms with Crippen LogP contribution in [-0.4, -0.2) is 30.3 Å². The van der Waals surface area contributed by atoms with Gasteiger partial charge in [0.1, 0.15) is 5.75 Å². The molecular formula is C22H29NO3. The van der Waals surface area contributed by atoms with Gasteiger partial charge in [-0.1, -0.05) is 43.3 Å². The summed E-state index contributed by atoms with van der Waals surface area (Å²) in [6.07, 6.45) is 2.89. The molecule has 0 aliphatic heterocycles. The van der Waals surface area contributed by atoms with Crippen molar-refractivity contribution >= 4 is 5.91 Å². The number of hydrogen-bond acceptors (Lipinski definition) is 3. The zero-order chi connectivity index (χ0) is 18.8. The maximum Gasteiger partial charge on any atom is 0.260 e. The van der Waals surface area contributed by atoms with E-state index >= 15 is 0 Å². The minimum absolute atomic E-state index is 0.112. The number of aliphatic hydroxyl groups is 1. The molecule has 26 heavy (non-hydrogen) atoms. The Bertz CT molecular complexity index is 665. The van der Waals surface area contributed by atoms with E-state index in [1.54, 1.807) is 6.92 Å². The summed E-state index contributed by atoms with van der Waals surface area (Å²) in [5.74, 6) is 0.565. The minimum Gasteiger partial charge on any atom is -0.481 e. The van der Waals surface area contributed by atoms with Crippen molar-refractivity contribution in [3.8, 4) is 5.75 Å². The van der Waals surface area contributed by atoms with Crippen LogP contribution in [0.5, 0.6) is 5.75 Å². The van der Waals surface area contributed by atoms with Crippen molar-refractivity contribution in [1.29, 1.82) is 0 Å². The lowest BCUT2D eigenvalue weighted by Gasteiger charge is -2.15. The highest BCUT2D eigenvalue weighted by Crippen LogP contribution is 2.15. The van der Waals surface area contributed by atoms with E-state index in [1.165, 1.54) is 11.1 Å². The SMILES string of the molecule is CCc1ccc(CCNC(=O)[C@@H](C)Oc2ccc(CCCO)cc2)cc1. The molecule has 0 spiro atoms. The highest BCUT2D eigenvalue weighted by atomic mass is 16.5. The third-order valence-electron chi connectivity index (χ3n) is 4.37. The maximum atomic E-state index is 12.2. The molecule has 0 bridgehead atoms. The third-order valence-corrected chi connectivity index (χ3v) is 4.37. The van der Waals surface area contributed by atoms with E-state index in [0.717, 1.165) is 31.2 Å². The van der Waals surface area contributed by atoms with E-state index in [9.17, 15) is 4.79 Å². The molecule has 1 amide bonds. The van der Waals surface area contributed by atoms with Gasteiger partial charge in [-0.15, -0.1) is 0 Å². The van der Waals surface area contributed by atoms with Gasteiger partial charge in [0.25, 0.3) is 5.91 Å². The molecule has 0 aromatic heterocycles. The number of ether oxygens (including phenoxy) is 1. The summed E-state index contributed by atoms with van der Waals surface area (Å²) in [6.45, 7) is 4.68. The van der Waals surface area contributed by atoms with Gasteiger partial charge in [0, 0.05) is 13.2 Å². The van der Waals surface area contributed by atoms with Gasteiger partial charge >= 0.3 is 0 Å². The number of aryl methyl sites for hydroxylation is 2. The molecule has 4 heteroatoms. The summed E-state index contributed by atoms with van der Waals surface area (Å²) in [5, 5.41) is 11.8. The first-order chi connectivity index (χ1) is 12.6. The first-order valence-electron chi connectivity index (χ1n) is 9.34. The smallest absolute Gasteiger partial charge is 0.260 e. The van der Waals surface area contributed by atoms with E-state index in [4.69, 9.17) is 9.84 Å². The van der Waals surface area contributed by atoms with E-state index in [2.05, 4.69) is 36.5 Å². The topological polar surface area (TPSA) is 58.6 Å². The van der Waals surface area contributed by atoms with Crippen LogP contribution in [0.1, 0.15) is 37.0 Å². The molecule has 0 aliphatic carbocycles. The Morgan fingerprint density at radius 1 is 1.00 bits per heavy atom. The molecule has 4 nitrogen and oxygen atoms in total. The Morgan fingerprint density at radius 3 is 2.19 bits per heavy atom. The molecule has 0 heterocycles. The lowest BCUT2D eigenvalue weighted by Crippen LogP contribution is -2.37. The number of rotatable bonds is 10. The van der Waals surface area contributed by atoms with Crippen LogP contribution in [0.4, 0.5) is 0 Å². The van der Waals surface area contributed by atoms with Crippen molar-refractivity contribution < 1.29 is 14.6 Å². The van der Waals surface area contributed by atoms with Crippen LogP contribution in [0, 0.1) is 0 Å². The first kappa shape index (κ1) is 20.0. The van der Waals surface area contributed by atoms with Gasteiger partial charge in [-0.2, -0.15) is 0 Å². The average molecular weight is 355 g/mol. The monoisotopic (exact) mass is 355 g/mol. The molecule has 0 unspecified atom stereocenters. The molecule has 2 aromatic rings. The van der Waals surface area contributed by atoms with Crippen LogP contribution < -0.4 is 10.1 Å². The Morgan fingerprint density at radius 2 is 1.58 bits per heavy atom. The van der Waals surface area contributed by atoms with Crippen molar-refractivity contribution in [3.63, 3.8) is 0 Å². The van der Waals surface area contributed by atoms with Gasteiger partial charge in [-0.25, -0.2) is 0 Å². The summed E-state index contributed by atoms with van der Waals surface area (Å²) in [4.78, 5) is 12.2. The summed E-state index contributed by atoms with van der Waals surface area (Å²) < 4.78 is 5.71. The number of aliphatic hydroxyl groups excluding tert-OH is 1. The fourth-order valence-electron chi connectivity index (χ4n) is 2.69. The van der Waals surface area contributed by atoms with Crippen LogP contribution in [0.2, 0.25) is 0 Å².